The van der Waals surface area contributed by atoms with Crippen LogP contribution in [0.15, 0.2) is 84.5 Å². The van der Waals surface area contributed by atoms with Gasteiger partial charge in [-0.25, -0.2) is 5.01 Å². The van der Waals surface area contributed by atoms with E-state index in [1.165, 1.54) is 12.1 Å². The summed E-state index contributed by atoms with van der Waals surface area (Å²) in [5.41, 5.74) is 3.49. The third kappa shape index (κ3) is 3.83. The molecule has 0 radical (unpaired) electrons. The van der Waals surface area contributed by atoms with Crippen LogP contribution in [0.5, 0.6) is 17.2 Å². The zero-order valence-electron chi connectivity index (χ0n) is 18.6. The lowest BCUT2D eigenvalue weighted by Crippen LogP contribution is -2.33. The molecule has 172 valence electrons. The highest BCUT2D eigenvalue weighted by Gasteiger charge is 2.42. The Bertz CT molecular complexity index is 1270. The van der Waals surface area contributed by atoms with E-state index in [1.54, 1.807) is 19.3 Å². The maximum Gasteiger partial charge on any atom is 0.269 e. The third-order valence-corrected chi connectivity index (χ3v) is 5.92. The van der Waals surface area contributed by atoms with Crippen molar-refractivity contribution in [2.75, 3.05) is 13.7 Å². The van der Waals surface area contributed by atoms with E-state index in [0.717, 1.165) is 22.6 Å². The van der Waals surface area contributed by atoms with Gasteiger partial charge in [0, 0.05) is 29.7 Å². The molecule has 0 aromatic heterocycles. The number of para-hydroxylation sites is 1. The number of nitrogens with zero attached hydrogens (tertiary/aromatic N) is 3. The Morgan fingerprint density at radius 2 is 2.00 bits per heavy atom. The van der Waals surface area contributed by atoms with E-state index in [4.69, 9.17) is 19.3 Å². The molecular weight excluding hydrogens is 434 g/mol. The Hall–Kier alpha value is -4.33. The van der Waals surface area contributed by atoms with Crippen LogP contribution in [-0.2, 0) is 0 Å². The molecule has 0 saturated carbocycles. The first-order valence-electron chi connectivity index (χ1n) is 10.9. The standard InChI is InChI=1S/C26H23N3O5/c1-3-14-33-20-12-10-17(11-13-20)22-16-23-21-8-5-9-24(32-2)25(21)34-26(28(23)27-22)18-6-4-7-19(15-18)29(30)31/h3-13,15,23,26H,1,14,16H2,2H3/t23-,26-/m0/s1. The van der Waals surface area contributed by atoms with Crippen molar-refractivity contribution in [3.05, 3.63) is 106 Å². The van der Waals surface area contributed by atoms with Crippen molar-refractivity contribution < 1.29 is 19.1 Å². The fourth-order valence-electron chi connectivity index (χ4n) is 4.33. The molecule has 0 unspecified atom stereocenters. The molecule has 0 spiro atoms. The number of fused-ring (bicyclic) bond motifs is 3. The van der Waals surface area contributed by atoms with E-state index < -0.39 is 11.2 Å². The molecule has 0 saturated heterocycles. The maximum absolute atomic E-state index is 11.4. The number of non-ortho nitro benzene ring substituents is 1. The van der Waals surface area contributed by atoms with Gasteiger partial charge in [-0.15, -0.1) is 0 Å². The minimum Gasteiger partial charge on any atom is -0.493 e. The van der Waals surface area contributed by atoms with Gasteiger partial charge in [-0.3, -0.25) is 10.1 Å². The molecule has 3 aromatic carbocycles. The second kappa shape index (κ2) is 8.90. The molecule has 8 nitrogen and oxygen atoms in total. The number of benzene rings is 3. The number of rotatable bonds is 7. The lowest BCUT2D eigenvalue weighted by molar-refractivity contribution is -0.385. The van der Waals surface area contributed by atoms with Gasteiger partial charge in [0.15, 0.2) is 11.5 Å². The SMILES string of the molecule is C=CCOc1ccc(C2=NN3[C@@H](C2)c2cccc(OC)c2O[C@H]3c2cccc([N+](=O)[O-])c2)cc1. The van der Waals surface area contributed by atoms with E-state index in [0.29, 0.717) is 30.1 Å². The van der Waals surface area contributed by atoms with Crippen molar-refractivity contribution in [1.82, 2.24) is 5.01 Å². The minimum absolute atomic E-state index is 0.00184. The molecule has 0 bridgehead atoms. The predicted molar refractivity (Wildman–Crippen MR) is 127 cm³/mol. The highest BCUT2D eigenvalue weighted by Crippen LogP contribution is 2.50. The van der Waals surface area contributed by atoms with E-state index >= 15 is 0 Å². The van der Waals surface area contributed by atoms with E-state index in [1.807, 2.05) is 53.5 Å². The van der Waals surface area contributed by atoms with Gasteiger partial charge in [-0.1, -0.05) is 36.9 Å². The Morgan fingerprint density at radius 1 is 1.21 bits per heavy atom. The third-order valence-electron chi connectivity index (χ3n) is 5.92. The maximum atomic E-state index is 11.4. The summed E-state index contributed by atoms with van der Waals surface area (Å²) in [7, 11) is 1.60. The Morgan fingerprint density at radius 3 is 2.74 bits per heavy atom. The van der Waals surface area contributed by atoms with Crippen molar-refractivity contribution >= 4 is 11.4 Å². The van der Waals surface area contributed by atoms with Crippen LogP contribution in [-0.4, -0.2) is 29.4 Å². The summed E-state index contributed by atoms with van der Waals surface area (Å²) in [4.78, 5) is 11.0. The van der Waals surface area contributed by atoms with Crippen LogP contribution in [0.3, 0.4) is 0 Å². The highest BCUT2D eigenvalue weighted by atomic mass is 16.6. The van der Waals surface area contributed by atoms with Crippen molar-refractivity contribution in [1.29, 1.82) is 0 Å². The highest BCUT2D eigenvalue weighted by molar-refractivity contribution is 6.02. The van der Waals surface area contributed by atoms with Crippen LogP contribution < -0.4 is 14.2 Å². The van der Waals surface area contributed by atoms with Gasteiger partial charge in [-0.05, 0) is 35.9 Å². The Balaban J connectivity index is 1.55. The summed E-state index contributed by atoms with van der Waals surface area (Å²) >= 11 is 0. The van der Waals surface area contributed by atoms with Crippen molar-refractivity contribution in [2.24, 2.45) is 5.10 Å². The van der Waals surface area contributed by atoms with Gasteiger partial charge in [0.1, 0.15) is 12.4 Å². The van der Waals surface area contributed by atoms with Crippen molar-refractivity contribution in [2.45, 2.75) is 18.7 Å². The van der Waals surface area contributed by atoms with Gasteiger partial charge in [0.25, 0.3) is 5.69 Å². The smallest absolute Gasteiger partial charge is 0.269 e. The molecule has 0 fully saturated rings. The summed E-state index contributed by atoms with van der Waals surface area (Å²) in [5.74, 6) is 2.00. The van der Waals surface area contributed by atoms with Gasteiger partial charge in [0.2, 0.25) is 6.23 Å². The quantitative estimate of drug-likeness (QED) is 0.268. The monoisotopic (exact) mass is 457 g/mol. The molecule has 34 heavy (non-hydrogen) atoms. The molecule has 8 heteroatoms. The molecule has 5 rings (SSSR count). The second-order valence-corrected chi connectivity index (χ2v) is 7.97. The topological polar surface area (TPSA) is 86.4 Å². The predicted octanol–water partition coefficient (Wildman–Crippen LogP) is 5.41. The van der Waals surface area contributed by atoms with Crippen LogP contribution in [0.4, 0.5) is 5.69 Å². The molecule has 2 aliphatic rings. The fourth-order valence-corrected chi connectivity index (χ4v) is 4.33. The van der Waals surface area contributed by atoms with Crippen LogP contribution in [0, 0.1) is 10.1 Å². The lowest BCUT2D eigenvalue weighted by atomic mass is 9.95. The summed E-state index contributed by atoms with van der Waals surface area (Å²) in [5, 5.41) is 18.2. The van der Waals surface area contributed by atoms with Crippen LogP contribution in [0.1, 0.15) is 35.4 Å². The second-order valence-electron chi connectivity index (χ2n) is 7.97. The normalized spacial score (nSPS) is 18.3. The summed E-state index contributed by atoms with van der Waals surface area (Å²) < 4.78 is 17.5. The number of nitro groups is 1. The summed E-state index contributed by atoms with van der Waals surface area (Å²) in [6.07, 6.45) is 1.72. The zero-order valence-corrected chi connectivity index (χ0v) is 18.6. The molecule has 0 amide bonds. The van der Waals surface area contributed by atoms with E-state index in [2.05, 4.69) is 6.58 Å². The fraction of sp³-hybridized carbons (Fsp3) is 0.192. The summed E-state index contributed by atoms with van der Waals surface area (Å²) in [6, 6.07) is 19.9. The molecule has 2 heterocycles. The molecule has 3 aromatic rings. The molecule has 0 N–H and O–H groups in total. The number of hydrogen-bond donors (Lipinski definition) is 0. The first-order chi connectivity index (χ1) is 16.6. The summed E-state index contributed by atoms with van der Waals surface area (Å²) in [6.45, 7) is 4.11. The largest absolute Gasteiger partial charge is 0.493 e. The molecule has 2 atom stereocenters. The van der Waals surface area contributed by atoms with Crippen LogP contribution >= 0.6 is 0 Å². The van der Waals surface area contributed by atoms with Crippen LogP contribution in [0.2, 0.25) is 0 Å². The number of nitro benzene ring substituents is 1. The van der Waals surface area contributed by atoms with Gasteiger partial charge in [-0.2, -0.15) is 5.10 Å². The number of hydrogen-bond acceptors (Lipinski definition) is 7. The molecular formula is C26H23N3O5. The minimum atomic E-state index is -0.638. The van der Waals surface area contributed by atoms with Crippen LogP contribution in [0.25, 0.3) is 0 Å². The van der Waals surface area contributed by atoms with Crippen molar-refractivity contribution in [3.63, 3.8) is 0 Å². The first kappa shape index (κ1) is 21.5. The van der Waals surface area contributed by atoms with E-state index in [-0.39, 0.29) is 11.7 Å². The van der Waals surface area contributed by atoms with Gasteiger partial charge >= 0.3 is 0 Å². The van der Waals surface area contributed by atoms with E-state index in [9.17, 15) is 10.1 Å². The van der Waals surface area contributed by atoms with Gasteiger partial charge in [0.05, 0.1) is 23.8 Å². The molecule has 0 aliphatic carbocycles. The average Bonchev–Trinajstić information content (AvgIpc) is 3.32. The number of hydrazone groups is 1. The molecule has 2 aliphatic heterocycles. The Kier molecular flexibility index (Phi) is 5.63. The van der Waals surface area contributed by atoms with Crippen molar-refractivity contribution in [3.8, 4) is 17.2 Å². The number of ether oxygens (including phenoxy) is 3. The first-order valence-corrected chi connectivity index (χ1v) is 10.9. The number of methoxy groups -OCH3 is 1. The lowest BCUT2D eigenvalue weighted by Gasteiger charge is -2.38. The van der Waals surface area contributed by atoms with Gasteiger partial charge < -0.3 is 14.2 Å². The Labute approximate surface area is 196 Å². The average molecular weight is 457 g/mol. The zero-order chi connectivity index (χ0) is 23.7.